The lowest BCUT2D eigenvalue weighted by molar-refractivity contribution is -0.128. The summed E-state index contributed by atoms with van der Waals surface area (Å²) >= 11 is 0. The minimum Gasteiger partial charge on any atom is -0.394 e. The first-order valence-corrected chi connectivity index (χ1v) is 6.82. The molecule has 1 aliphatic heterocycles. The van der Waals surface area contributed by atoms with Gasteiger partial charge in [-0.1, -0.05) is 19.8 Å². The van der Waals surface area contributed by atoms with E-state index < -0.39 is 5.54 Å². The van der Waals surface area contributed by atoms with Crippen LogP contribution >= 0.6 is 0 Å². The molecule has 4 atom stereocenters. The van der Waals surface area contributed by atoms with E-state index in [1.165, 1.54) is 6.42 Å². The van der Waals surface area contributed by atoms with Crippen LogP contribution in [-0.4, -0.2) is 42.4 Å². The number of amides is 1. The van der Waals surface area contributed by atoms with Gasteiger partial charge in [0.1, 0.15) is 0 Å². The van der Waals surface area contributed by atoms with E-state index in [4.69, 9.17) is 10.5 Å². The molecule has 1 amide bonds. The number of nitrogens with two attached hydrogens (primary N) is 1. The molecule has 2 fully saturated rings. The van der Waals surface area contributed by atoms with E-state index in [1.54, 1.807) is 0 Å². The first-order valence-electron chi connectivity index (χ1n) is 6.82. The highest BCUT2D eigenvalue weighted by Crippen LogP contribution is 2.32. The van der Waals surface area contributed by atoms with Gasteiger partial charge in [-0.25, -0.2) is 0 Å². The molecule has 2 aliphatic rings. The minimum absolute atomic E-state index is 0.00585. The van der Waals surface area contributed by atoms with Gasteiger partial charge in [0.2, 0.25) is 5.91 Å². The fourth-order valence-electron chi connectivity index (χ4n) is 3.15. The van der Waals surface area contributed by atoms with Crippen LogP contribution in [0.4, 0.5) is 0 Å². The standard InChI is InChI=1S/C13H24N2O3/c1-9-3-2-4-13(5-9,8-16)15-12(17)10-6-18-7-11(10)14/h9-11,16H,2-8,14H2,1H3,(H,15,17). The van der Waals surface area contributed by atoms with E-state index in [2.05, 4.69) is 12.2 Å². The highest BCUT2D eigenvalue weighted by molar-refractivity contribution is 5.80. The lowest BCUT2D eigenvalue weighted by Gasteiger charge is -2.40. The summed E-state index contributed by atoms with van der Waals surface area (Å²) in [6, 6.07) is -0.221. The van der Waals surface area contributed by atoms with E-state index in [9.17, 15) is 9.90 Å². The summed E-state index contributed by atoms with van der Waals surface area (Å²) in [5.74, 6) is 0.202. The number of rotatable bonds is 3. The Kier molecular flexibility index (Phi) is 4.25. The predicted octanol–water partition coefficient (Wildman–Crippen LogP) is 0.0175. The summed E-state index contributed by atoms with van der Waals surface area (Å²) < 4.78 is 5.22. The molecule has 0 aromatic rings. The molecule has 4 N–H and O–H groups in total. The molecule has 1 saturated heterocycles. The van der Waals surface area contributed by atoms with Crippen LogP contribution in [0.15, 0.2) is 0 Å². The zero-order valence-electron chi connectivity index (χ0n) is 11.0. The molecule has 0 aromatic heterocycles. The third-order valence-corrected chi connectivity index (χ3v) is 4.24. The maximum Gasteiger partial charge on any atom is 0.227 e. The molecule has 0 aromatic carbocycles. The maximum absolute atomic E-state index is 12.2. The second-order valence-electron chi connectivity index (χ2n) is 5.94. The van der Waals surface area contributed by atoms with E-state index in [-0.39, 0.29) is 24.5 Å². The van der Waals surface area contributed by atoms with Crippen LogP contribution in [0, 0.1) is 11.8 Å². The van der Waals surface area contributed by atoms with Crippen molar-refractivity contribution in [3.8, 4) is 0 Å². The topological polar surface area (TPSA) is 84.6 Å². The molecule has 18 heavy (non-hydrogen) atoms. The van der Waals surface area contributed by atoms with Crippen molar-refractivity contribution in [3.63, 3.8) is 0 Å². The quantitative estimate of drug-likeness (QED) is 0.664. The van der Waals surface area contributed by atoms with Crippen molar-refractivity contribution in [2.75, 3.05) is 19.8 Å². The highest BCUT2D eigenvalue weighted by atomic mass is 16.5. The Balaban J connectivity index is 1.99. The lowest BCUT2D eigenvalue weighted by Crippen LogP contribution is -2.57. The summed E-state index contributed by atoms with van der Waals surface area (Å²) in [6.45, 7) is 3.01. The largest absolute Gasteiger partial charge is 0.394 e. The number of nitrogens with one attached hydrogen (secondary N) is 1. The second-order valence-corrected chi connectivity index (χ2v) is 5.94. The van der Waals surface area contributed by atoms with E-state index in [1.807, 2.05) is 0 Å². The van der Waals surface area contributed by atoms with Gasteiger partial charge in [-0.3, -0.25) is 4.79 Å². The molecule has 0 spiro atoms. The Labute approximate surface area is 108 Å². The Morgan fingerprint density at radius 2 is 2.33 bits per heavy atom. The summed E-state index contributed by atoms with van der Waals surface area (Å²) in [5, 5.41) is 12.7. The van der Waals surface area contributed by atoms with Gasteiger partial charge < -0.3 is 20.9 Å². The van der Waals surface area contributed by atoms with E-state index in [0.29, 0.717) is 19.1 Å². The Hall–Kier alpha value is -0.650. The SMILES string of the molecule is CC1CCCC(CO)(NC(=O)C2COCC2N)C1. The van der Waals surface area contributed by atoms with Gasteiger partial charge in [0.15, 0.2) is 0 Å². The number of carbonyl (C=O) groups is 1. The monoisotopic (exact) mass is 256 g/mol. The van der Waals surface area contributed by atoms with Crippen LogP contribution in [0.5, 0.6) is 0 Å². The number of aliphatic hydroxyl groups is 1. The van der Waals surface area contributed by atoms with Gasteiger partial charge in [0.25, 0.3) is 0 Å². The summed E-state index contributed by atoms with van der Waals surface area (Å²) in [6.07, 6.45) is 3.92. The van der Waals surface area contributed by atoms with Crippen LogP contribution in [0.25, 0.3) is 0 Å². The molecular weight excluding hydrogens is 232 g/mol. The average Bonchev–Trinajstić information content (AvgIpc) is 2.75. The second kappa shape index (κ2) is 5.55. The number of carbonyl (C=O) groups excluding carboxylic acids is 1. The fourth-order valence-corrected chi connectivity index (χ4v) is 3.15. The van der Waals surface area contributed by atoms with Crippen LogP contribution < -0.4 is 11.1 Å². The summed E-state index contributed by atoms with van der Waals surface area (Å²) in [7, 11) is 0. The van der Waals surface area contributed by atoms with Crippen molar-refractivity contribution in [2.24, 2.45) is 17.6 Å². The molecule has 1 heterocycles. The zero-order chi connectivity index (χ0) is 13.2. The van der Waals surface area contributed by atoms with E-state index >= 15 is 0 Å². The molecule has 1 aliphatic carbocycles. The van der Waals surface area contributed by atoms with Crippen LogP contribution in [0.1, 0.15) is 32.6 Å². The van der Waals surface area contributed by atoms with Crippen LogP contribution in [0.2, 0.25) is 0 Å². The van der Waals surface area contributed by atoms with Gasteiger partial charge in [0, 0.05) is 6.04 Å². The Morgan fingerprint density at radius 1 is 1.56 bits per heavy atom. The molecular formula is C13H24N2O3. The summed E-state index contributed by atoms with van der Waals surface area (Å²) in [5.41, 5.74) is 5.40. The normalized spacial score (nSPS) is 40.7. The lowest BCUT2D eigenvalue weighted by atomic mass is 9.76. The molecule has 1 saturated carbocycles. The Morgan fingerprint density at radius 3 is 2.89 bits per heavy atom. The smallest absolute Gasteiger partial charge is 0.227 e. The van der Waals surface area contributed by atoms with Crippen molar-refractivity contribution in [1.29, 1.82) is 0 Å². The van der Waals surface area contributed by atoms with Gasteiger partial charge in [-0.15, -0.1) is 0 Å². The number of ether oxygens (including phenoxy) is 1. The highest BCUT2D eigenvalue weighted by Gasteiger charge is 2.39. The average molecular weight is 256 g/mol. The first-order chi connectivity index (χ1) is 8.56. The van der Waals surface area contributed by atoms with Crippen LogP contribution in [-0.2, 0) is 9.53 Å². The summed E-state index contributed by atoms with van der Waals surface area (Å²) in [4.78, 5) is 12.2. The molecule has 5 heteroatoms. The molecule has 4 unspecified atom stereocenters. The minimum atomic E-state index is -0.447. The van der Waals surface area contributed by atoms with Gasteiger partial charge in [-0.05, 0) is 18.8 Å². The molecule has 0 radical (unpaired) electrons. The van der Waals surface area contributed by atoms with Crippen molar-refractivity contribution < 1.29 is 14.6 Å². The molecule has 5 nitrogen and oxygen atoms in total. The number of hydrogen-bond donors (Lipinski definition) is 3. The molecule has 0 bridgehead atoms. The third kappa shape index (κ3) is 2.84. The number of aliphatic hydroxyl groups excluding tert-OH is 1. The van der Waals surface area contributed by atoms with Gasteiger partial charge in [-0.2, -0.15) is 0 Å². The van der Waals surface area contributed by atoms with Crippen molar-refractivity contribution >= 4 is 5.91 Å². The van der Waals surface area contributed by atoms with Crippen molar-refractivity contribution in [3.05, 3.63) is 0 Å². The van der Waals surface area contributed by atoms with Crippen molar-refractivity contribution in [2.45, 2.75) is 44.2 Å². The molecule has 2 rings (SSSR count). The van der Waals surface area contributed by atoms with Gasteiger partial charge in [0.05, 0.1) is 31.3 Å². The fraction of sp³-hybridized carbons (Fsp3) is 0.923. The van der Waals surface area contributed by atoms with E-state index in [0.717, 1.165) is 19.3 Å². The first kappa shape index (κ1) is 13.8. The predicted molar refractivity (Wildman–Crippen MR) is 67.9 cm³/mol. The van der Waals surface area contributed by atoms with Gasteiger partial charge >= 0.3 is 0 Å². The zero-order valence-corrected chi connectivity index (χ0v) is 11.0. The maximum atomic E-state index is 12.2. The van der Waals surface area contributed by atoms with Crippen LogP contribution in [0.3, 0.4) is 0 Å². The Bertz CT molecular complexity index is 311. The van der Waals surface area contributed by atoms with Crippen molar-refractivity contribution in [1.82, 2.24) is 5.32 Å². The number of hydrogen-bond acceptors (Lipinski definition) is 4. The third-order valence-electron chi connectivity index (χ3n) is 4.24. The molecule has 104 valence electrons.